The molecule has 0 spiro atoms. The van der Waals surface area contributed by atoms with E-state index in [1.807, 2.05) is 17.2 Å². The van der Waals surface area contributed by atoms with Gasteiger partial charge in [-0.1, -0.05) is 20.3 Å². The van der Waals surface area contributed by atoms with E-state index in [2.05, 4.69) is 29.8 Å². The molecule has 21 heavy (non-hydrogen) atoms. The van der Waals surface area contributed by atoms with Crippen LogP contribution >= 0.6 is 0 Å². The highest BCUT2D eigenvalue weighted by atomic mass is 16.2. The molecule has 0 atom stereocenters. The first kappa shape index (κ1) is 15.2. The lowest BCUT2D eigenvalue weighted by atomic mass is 10.3. The van der Waals surface area contributed by atoms with Crippen LogP contribution in [0.3, 0.4) is 0 Å². The summed E-state index contributed by atoms with van der Waals surface area (Å²) in [6.07, 6.45) is 6.67. The number of aryl methyl sites for hydroxylation is 1. The first-order valence-electron chi connectivity index (χ1n) is 7.55. The van der Waals surface area contributed by atoms with E-state index in [9.17, 15) is 10.1 Å². The van der Waals surface area contributed by atoms with Crippen molar-refractivity contribution in [2.45, 2.75) is 39.7 Å². The van der Waals surface area contributed by atoms with E-state index in [1.54, 1.807) is 6.08 Å². The number of carbonyl (C=O) groups excluding carboxylic acids is 1. The van der Waals surface area contributed by atoms with Gasteiger partial charge in [0.15, 0.2) is 0 Å². The average Bonchev–Trinajstić information content (AvgIpc) is 3.01. The zero-order valence-electron chi connectivity index (χ0n) is 12.7. The lowest BCUT2D eigenvalue weighted by Gasteiger charge is -2.16. The fourth-order valence-corrected chi connectivity index (χ4v) is 2.47. The Hall–Kier alpha value is -2.22. The molecule has 1 aliphatic rings. The summed E-state index contributed by atoms with van der Waals surface area (Å²) in [5.74, 6) is 0.841. The van der Waals surface area contributed by atoms with Crippen LogP contribution in [0.4, 0.5) is 5.82 Å². The average molecular weight is 286 g/mol. The van der Waals surface area contributed by atoms with Gasteiger partial charge in [-0.25, -0.2) is 0 Å². The zero-order valence-corrected chi connectivity index (χ0v) is 12.7. The van der Waals surface area contributed by atoms with Crippen molar-refractivity contribution < 1.29 is 4.79 Å². The molecule has 5 heteroatoms. The lowest BCUT2D eigenvalue weighted by molar-refractivity contribution is -0.124. The van der Waals surface area contributed by atoms with Crippen LogP contribution in [0.25, 0.3) is 0 Å². The van der Waals surface area contributed by atoms with E-state index in [0.29, 0.717) is 12.1 Å². The summed E-state index contributed by atoms with van der Waals surface area (Å²) in [6, 6.07) is 4.02. The summed E-state index contributed by atoms with van der Waals surface area (Å²) >= 11 is 0. The predicted molar refractivity (Wildman–Crippen MR) is 82.6 cm³/mol. The Morgan fingerprint density at radius 3 is 2.81 bits per heavy atom. The topological polar surface area (TPSA) is 61.1 Å². The van der Waals surface area contributed by atoms with Crippen LogP contribution in [0, 0.1) is 11.3 Å². The third-order valence-corrected chi connectivity index (χ3v) is 3.58. The molecule has 2 rings (SSSR count). The van der Waals surface area contributed by atoms with Gasteiger partial charge in [0.2, 0.25) is 5.91 Å². The van der Waals surface area contributed by atoms with Gasteiger partial charge >= 0.3 is 0 Å². The molecule has 1 aliphatic heterocycles. The normalized spacial score (nSPS) is 14.2. The maximum absolute atomic E-state index is 11.9. The SMILES string of the molecule is CCCCn1ccc(C#N)c1NC1=CC(=O)N(CCC)C1. The van der Waals surface area contributed by atoms with Crippen molar-refractivity contribution in [2.24, 2.45) is 0 Å². The number of hydrogen-bond acceptors (Lipinski definition) is 3. The number of carbonyl (C=O) groups is 1. The summed E-state index contributed by atoms with van der Waals surface area (Å²) < 4.78 is 2.05. The summed E-state index contributed by atoms with van der Waals surface area (Å²) in [5.41, 5.74) is 1.48. The van der Waals surface area contributed by atoms with Crippen molar-refractivity contribution in [3.05, 3.63) is 29.6 Å². The highest BCUT2D eigenvalue weighted by Crippen LogP contribution is 2.21. The third-order valence-electron chi connectivity index (χ3n) is 3.58. The minimum absolute atomic E-state index is 0.0459. The van der Waals surface area contributed by atoms with E-state index >= 15 is 0 Å². The number of amides is 1. The Kier molecular flexibility index (Phi) is 5.04. The molecule has 0 aliphatic carbocycles. The number of aromatic nitrogens is 1. The second-order valence-corrected chi connectivity index (χ2v) is 5.29. The van der Waals surface area contributed by atoms with Crippen LogP contribution in [-0.4, -0.2) is 28.5 Å². The van der Waals surface area contributed by atoms with Gasteiger partial charge in [0.1, 0.15) is 11.9 Å². The Morgan fingerprint density at radius 2 is 2.14 bits per heavy atom. The second-order valence-electron chi connectivity index (χ2n) is 5.29. The summed E-state index contributed by atoms with van der Waals surface area (Å²) in [4.78, 5) is 13.7. The molecule has 1 N–H and O–H groups in total. The van der Waals surface area contributed by atoms with Crippen molar-refractivity contribution in [3.8, 4) is 6.07 Å². The Bertz CT molecular complexity index is 580. The highest BCUT2D eigenvalue weighted by molar-refractivity contribution is 5.92. The Balaban J connectivity index is 2.12. The molecule has 0 aromatic carbocycles. The molecule has 0 radical (unpaired) electrons. The summed E-state index contributed by atoms with van der Waals surface area (Å²) in [5, 5.41) is 12.5. The Morgan fingerprint density at radius 1 is 1.33 bits per heavy atom. The predicted octanol–water partition coefficient (Wildman–Crippen LogP) is 2.71. The van der Waals surface area contributed by atoms with E-state index in [4.69, 9.17) is 0 Å². The fraction of sp³-hybridized carbons (Fsp3) is 0.500. The van der Waals surface area contributed by atoms with Gasteiger partial charge in [0.05, 0.1) is 12.1 Å². The quantitative estimate of drug-likeness (QED) is 0.838. The number of nitrogens with zero attached hydrogens (tertiary/aromatic N) is 3. The number of hydrogen-bond donors (Lipinski definition) is 1. The molecule has 2 heterocycles. The number of rotatable bonds is 7. The van der Waals surface area contributed by atoms with Gasteiger partial charge in [-0.15, -0.1) is 0 Å². The summed E-state index contributed by atoms with van der Waals surface area (Å²) in [6.45, 7) is 6.43. The van der Waals surface area contributed by atoms with Crippen molar-refractivity contribution >= 4 is 11.7 Å². The fourth-order valence-electron chi connectivity index (χ4n) is 2.47. The lowest BCUT2D eigenvalue weighted by Crippen LogP contribution is -2.27. The molecule has 0 bridgehead atoms. The Labute approximate surface area is 125 Å². The van der Waals surface area contributed by atoms with E-state index < -0.39 is 0 Å². The molecule has 1 aromatic heterocycles. The number of anilines is 1. The molecule has 0 fully saturated rings. The van der Waals surface area contributed by atoms with Crippen LogP contribution in [0.15, 0.2) is 24.0 Å². The maximum atomic E-state index is 11.9. The molecular weight excluding hydrogens is 264 g/mol. The second kappa shape index (κ2) is 6.98. The van der Waals surface area contributed by atoms with Crippen LogP contribution in [0.2, 0.25) is 0 Å². The standard InChI is InChI=1S/C16H22N4O/c1-3-5-8-19-9-6-13(11-17)16(19)18-14-10-15(21)20(12-14)7-4-2/h6,9-10,18H,3-5,7-8,12H2,1-2H3. The molecule has 1 aromatic rings. The van der Waals surface area contributed by atoms with Crippen molar-refractivity contribution in [3.63, 3.8) is 0 Å². The molecule has 0 saturated carbocycles. The minimum atomic E-state index is 0.0459. The minimum Gasteiger partial charge on any atom is -0.342 e. The zero-order chi connectivity index (χ0) is 15.2. The van der Waals surface area contributed by atoms with Crippen molar-refractivity contribution in [2.75, 3.05) is 18.4 Å². The molecule has 112 valence electrons. The molecular formula is C16H22N4O. The largest absolute Gasteiger partial charge is 0.342 e. The van der Waals surface area contributed by atoms with Gasteiger partial charge in [-0.3, -0.25) is 4.79 Å². The van der Waals surface area contributed by atoms with E-state index in [1.165, 1.54) is 0 Å². The van der Waals surface area contributed by atoms with Crippen molar-refractivity contribution in [1.82, 2.24) is 9.47 Å². The van der Waals surface area contributed by atoms with Gasteiger partial charge in [-0.05, 0) is 18.9 Å². The van der Waals surface area contributed by atoms with Gasteiger partial charge in [0.25, 0.3) is 0 Å². The number of nitrogens with one attached hydrogen (secondary N) is 1. The van der Waals surface area contributed by atoms with Crippen molar-refractivity contribution in [1.29, 1.82) is 5.26 Å². The first-order chi connectivity index (χ1) is 10.2. The van der Waals surface area contributed by atoms with Crippen LogP contribution < -0.4 is 5.32 Å². The third kappa shape index (κ3) is 3.46. The molecule has 1 amide bonds. The monoisotopic (exact) mass is 286 g/mol. The van der Waals surface area contributed by atoms with Crippen LogP contribution in [0.1, 0.15) is 38.7 Å². The molecule has 0 saturated heterocycles. The van der Waals surface area contributed by atoms with Gasteiger partial charge in [0, 0.05) is 31.1 Å². The van der Waals surface area contributed by atoms with E-state index in [0.717, 1.165) is 43.9 Å². The van der Waals surface area contributed by atoms with Crippen LogP contribution in [-0.2, 0) is 11.3 Å². The van der Waals surface area contributed by atoms with Gasteiger partial charge in [-0.2, -0.15) is 5.26 Å². The maximum Gasteiger partial charge on any atom is 0.248 e. The number of nitriles is 1. The number of unbranched alkanes of at least 4 members (excludes halogenated alkanes) is 1. The first-order valence-corrected chi connectivity index (χ1v) is 7.55. The van der Waals surface area contributed by atoms with Gasteiger partial charge < -0.3 is 14.8 Å². The highest BCUT2D eigenvalue weighted by Gasteiger charge is 2.22. The van der Waals surface area contributed by atoms with E-state index in [-0.39, 0.29) is 5.91 Å². The smallest absolute Gasteiger partial charge is 0.248 e. The molecule has 5 nitrogen and oxygen atoms in total. The summed E-state index contributed by atoms with van der Waals surface area (Å²) in [7, 11) is 0. The molecule has 0 unspecified atom stereocenters. The van der Waals surface area contributed by atoms with Crippen LogP contribution in [0.5, 0.6) is 0 Å².